The van der Waals surface area contributed by atoms with Crippen LogP contribution in [-0.4, -0.2) is 65.4 Å². The van der Waals surface area contributed by atoms with Gasteiger partial charge in [-0.25, -0.2) is 4.79 Å². The number of nitrogens with zero attached hydrogens (tertiary/aromatic N) is 4. The fourth-order valence-corrected chi connectivity index (χ4v) is 6.00. The number of piperidine rings is 1. The average molecular weight is 469 g/mol. The lowest BCUT2D eigenvalue weighted by Gasteiger charge is -2.41. The second-order valence-corrected chi connectivity index (χ2v) is 10.6. The molecule has 2 heterocycles. The van der Waals surface area contributed by atoms with Crippen molar-refractivity contribution in [1.82, 2.24) is 4.90 Å². The molecule has 2 N–H and O–H groups in total. The highest BCUT2D eigenvalue weighted by Crippen LogP contribution is 2.44. The lowest BCUT2D eigenvalue weighted by molar-refractivity contribution is -0.139. The van der Waals surface area contributed by atoms with Gasteiger partial charge in [0, 0.05) is 37.9 Å². The number of amides is 2. The van der Waals surface area contributed by atoms with E-state index in [0.717, 1.165) is 63.7 Å². The molecule has 3 fully saturated rings. The second-order valence-electron chi connectivity index (χ2n) is 10.6. The first-order chi connectivity index (χ1) is 16.2. The van der Waals surface area contributed by atoms with E-state index in [2.05, 4.69) is 15.9 Å². The van der Waals surface area contributed by atoms with Crippen molar-refractivity contribution in [3.05, 3.63) is 23.8 Å². The second kappa shape index (κ2) is 9.83. The fourth-order valence-electron chi connectivity index (χ4n) is 6.00. The normalized spacial score (nSPS) is 27.3. The van der Waals surface area contributed by atoms with Crippen LogP contribution in [0.2, 0.25) is 0 Å². The van der Waals surface area contributed by atoms with Gasteiger partial charge in [-0.1, -0.05) is 13.8 Å². The molecule has 34 heavy (non-hydrogen) atoms. The largest absolute Gasteiger partial charge is 0.465 e. The van der Waals surface area contributed by atoms with E-state index < -0.39 is 11.5 Å². The smallest absolute Gasteiger partial charge is 0.411 e. The van der Waals surface area contributed by atoms with Gasteiger partial charge in [-0.3, -0.25) is 9.69 Å². The van der Waals surface area contributed by atoms with E-state index in [0.29, 0.717) is 24.3 Å². The number of anilines is 2. The molecule has 3 aliphatic rings. The molecule has 4 rings (SSSR count). The highest BCUT2D eigenvalue weighted by molar-refractivity contribution is 5.88. The number of rotatable bonds is 5. The Bertz CT molecular complexity index is 966. The number of hydrogen-bond donors (Lipinski definition) is 2. The van der Waals surface area contributed by atoms with Crippen molar-refractivity contribution in [3.63, 3.8) is 0 Å². The van der Waals surface area contributed by atoms with Crippen LogP contribution < -0.4 is 9.80 Å². The molecule has 8 heteroatoms. The summed E-state index contributed by atoms with van der Waals surface area (Å²) in [5.74, 6) is 0.384. The zero-order valence-corrected chi connectivity index (χ0v) is 20.2. The molecule has 1 aliphatic carbocycles. The van der Waals surface area contributed by atoms with Gasteiger partial charge < -0.3 is 20.0 Å². The number of aliphatic hydroxyl groups excluding tert-OH is 1. The van der Waals surface area contributed by atoms with E-state index in [-0.39, 0.29) is 24.0 Å². The molecule has 2 aliphatic heterocycles. The molecule has 8 nitrogen and oxygen atoms in total. The first-order valence-corrected chi connectivity index (χ1v) is 12.5. The predicted molar refractivity (Wildman–Crippen MR) is 130 cm³/mol. The average Bonchev–Trinajstić information content (AvgIpc) is 3.12. The van der Waals surface area contributed by atoms with Gasteiger partial charge in [0.25, 0.3) is 0 Å². The van der Waals surface area contributed by atoms with Crippen molar-refractivity contribution >= 4 is 23.4 Å². The van der Waals surface area contributed by atoms with Gasteiger partial charge in [-0.05, 0) is 69.1 Å². The minimum atomic E-state index is -1.03. The lowest BCUT2D eigenvalue weighted by atomic mass is 9.78. The number of nitriles is 1. The Morgan fingerprint density at radius 1 is 1.24 bits per heavy atom. The Hall–Kier alpha value is -2.79. The van der Waals surface area contributed by atoms with Crippen LogP contribution in [0.3, 0.4) is 0 Å². The summed E-state index contributed by atoms with van der Waals surface area (Å²) in [5, 5.41) is 29.4. The molecule has 1 atom stereocenters. The lowest BCUT2D eigenvalue weighted by Crippen LogP contribution is -2.50. The van der Waals surface area contributed by atoms with Crippen LogP contribution in [0.4, 0.5) is 16.2 Å². The summed E-state index contributed by atoms with van der Waals surface area (Å²) in [6.07, 6.45) is 4.53. The maximum atomic E-state index is 13.6. The summed E-state index contributed by atoms with van der Waals surface area (Å²) in [7, 11) is 0. The van der Waals surface area contributed by atoms with Crippen molar-refractivity contribution in [2.45, 2.75) is 70.9 Å². The molecular formula is C26H36N4O4. The number of carbonyl (C=O) groups is 2. The minimum Gasteiger partial charge on any atom is -0.465 e. The number of hydrogen-bond acceptors (Lipinski definition) is 5. The molecule has 1 unspecified atom stereocenters. The predicted octanol–water partition coefficient (Wildman–Crippen LogP) is 3.82. The Kier molecular flexibility index (Phi) is 7.04. The minimum absolute atomic E-state index is 0.159. The van der Waals surface area contributed by atoms with Gasteiger partial charge in [-0.2, -0.15) is 5.26 Å². The van der Waals surface area contributed by atoms with Crippen LogP contribution in [0.15, 0.2) is 18.2 Å². The third-order valence-corrected chi connectivity index (χ3v) is 7.76. The third-order valence-electron chi connectivity index (χ3n) is 7.76. The quantitative estimate of drug-likeness (QED) is 0.680. The van der Waals surface area contributed by atoms with Crippen LogP contribution in [-0.2, 0) is 4.79 Å². The number of carbonyl (C=O) groups excluding carboxylic acids is 1. The molecule has 0 bridgehead atoms. The summed E-state index contributed by atoms with van der Waals surface area (Å²) < 4.78 is 0. The molecule has 2 saturated heterocycles. The van der Waals surface area contributed by atoms with Crippen molar-refractivity contribution < 1.29 is 19.8 Å². The molecule has 0 radical (unpaired) electrons. The summed E-state index contributed by atoms with van der Waals surface area (Å²) >= 11 is 0. The van der Waals surface area contributed by atoms with E-state index in [9.17, 15) is 25.1 Å². The van der Waals surface area contributed by atoms with Gasteiger partial charge in [-0.15, -0.1) is 0 Å². The monoisotopic (exact) mass is 468 g/mol. The van der Waals surface area contributed by atoms with Crippen molar-refractivity contribution in [3.8, 4) is 6.07 Å². The van der Waals surface area contributed by atoms with Crippen molar-refractivity contribution in [2.24, 2.45) is 11.3 Å². The number of benzene rings is 1. The van der Waals surface area contributed by atoms with Crippen LogP contribution in [0.1, 0.15) is 64.4 Å². The molecule has 1 saturated carbocycles. The molecule has 2 amide bonds. The third kappa shape index (κ3) is 4.72. The van der Waals surface area contributed by atoms with Gasteiger partial charge in [0.05, 0.1) is 22.8 Å². The zero-order chi connectivity index (χ0) is 24.5. The van der Waals surface area contributed by atoms with Gasteiger partial charge >= 0.3 is 6.09 Å². The van der Waals surface area contributed by atoms with Gasteiger partial charge in [0.2, 0.25) is 5.91 Å². The Labute approximate surface area is 201 Å². The van der Waals surface area contributed by atoms with Crippen molar-refractivity contribution in [1.29, 1.82) is 5.26 Å². The summed E-state index contributed by atoms with van der Waals surface area (Å²) in [6.45, 7) is 6.39. The van der Waals surface area contributed by atoms with Crippen LogP contribution >= 0.6 is 0 Å². The summed E-state index contributed by atoms with van der Waals surface area (Å²) in [6, 6.07) is 7.74. The standard InChI is InChI=1S/C26H36N4O4/c1-18(2)16-30(25(33)34)21-6-9-23(19(14-21)15-27)28-12-3-10-26(17-28)11-13-29(24(26)32)20-4-7-22(31)8-5-20/h6,9,14,18,20,22,31H,3-5,7-8,10-13,16-17H2,1-2H3,(H,33,34). The topological polar surface area (TPSA) is 108 Å². The molecule has 0 aromatic heterocycles. The van der Waals surface area contributed by atoms with Crippen molar-refractivity contribution in [2.75, 3.05) is 36.0 Å². The summed E-state index contributed by atoms with van der Waals surface area (Å²) in [5.41, 5.74) is 1.28. The van der Waals surface area contributed by atoms with Gasteiger partial charge in [0.15, 0.2) is 0 Å². The zero-order valence-electron chi connectivity index (χ0n) is 20.2. The molecule has 1 aromatic carbocycles. The molecule has 1 spiro atoms. The number of likely N-dealkylation sites (tertiary alicyclic amines) is 1. The van der Waals surface area contributed by atoms with Crippen LogP contribution in [0, 0.1) is 22.7 Å². The highest BCUT2D eigenvalue weighted by atomic mass is 16.4. The Morgan fingerprint density at radius 2 is 1.97 bits per heavy atom. The van der Waals surface area contributed by atoms with Crippen LogP contribution in [0.25, 0.3) is 0 Å². The summed E-state index contributed by atoms with van der Waals surface area (Å²) in [4.78, 5) is 30.9. The first kappa shape index (κ1) is 24.3. The van der Waals surface area contributed by atoms with E-state index in [1.807, 2.05) is 19.9 Å². The van der Waals surface area contributed by atoms with Gasteiger partial charge in [0.1, 0.15) is 6.07 Å². The molecule has 184 valence electrons. The van der Waals surface area contributed by atoms with E-state index >= 15 is 0 Å². The van der Waals surface area contributed by atoms with E-state index in [1.165, 1.54) is 4.90 Å². The number of aliphatic hydroxyl groups is 1. The number of carboxylic acid groups (broad SMARTS) is 1. The molecule has 1 aromatic rings. The van der Waals surface area contributed by atoms with E-state index in [4.69, 9.17) is 0 Å². The molecular weight excluding hydrogens is 432 g/mol. The Balaban J connectivity index is 1.53. The maximum Gasteiger partial charge on any atom is 0.411 e. The highest BCUT2D eigenvalue weighted by Gasteiger charge is 2.50. The van der Waals surface area contributed by atoms with E-state index in [1.54, 1.807) is 12.1 Å². The first-order valence-electron chi connectivity index (χ1n) is 12.5. The fraction of sp³-hybridized carbons (Fsp3) is 0.654. The van der Waals surface area contributed by atoms with Crippen LogP contribution in [0.5, 0.6) is 0 Å². The SMILES string of the molecule is CC(C)CN(C(=O)O)c1ccc(N2CCCC3(CCN(C4CCC(O)CC4)C3=O)C2)c(C#N)c1. The maximum absolute atomic E-state index is 13.6. The Morgan fingerprint density at radius 3 is 2.62 bits per heavy atom.